The van der Waals surface area contributed by atoms with Crippen LogP contribution in [0.25, 0.3) is 0 Å². The van der Waals surface area contributed by atoms with Crippen molar-refractivity contribution >= 4 is 29.1 Å². The molecule has 0 saturated carbocycles. The molecule has 0 radical (unpaired) electrons. The van der Waals surface area contributed by atoms with Crippen LogP contribution in [0.3, 0.4) is 0 Å². The van der Waals surface area contributed by atoms with Crippen LogP contribution in [0.4, 0.5) is 5.69 Å². The highest BCUT2D eigenvalue weighted by molar-refractivity contribution is 6.31. The van der Waals surface area contributed by atoms with Gasteiger partial charge in [-0.1, -0.05) is 39.0 Å². The molecule has 0 atom stereocenters. The summed E-state index contributed by atoms with van der Waals surface area (Å²) in [7, 11) is 0. The Hall–Kier alpha value is -2.93. The van der Waals surface area contributed by atoms with Gasteiger partial charge in [0.2, 0.25) is 5.91 Å². The minimum Gasteiger partial charge on any atom is -0.506 e. The summed E-state index contributed by atoms with van der Waals surface area (Å²) in [6.07, 6.45) is 1.26. The molecule has 3 N–H and O–H groups in total. The number of amides is 2. The maximum atomic E-state index is 12.5. The molecule has 3 rings (SSSR count). The average Bonchev–Trinajstić information content (AvgIpc) is 3.02. The minimum atomic E-state index is -0.316. The molecule has 31 heavy (non-hydrogen) atoms. The summed E-state index contributed by atoms with van der Waals surface area (Å²) < 4.78 is 5.75. The molecule has 1 aromatic heterocycles. The van der Waals surface area contributed by atoms with Gasteiger partial charge in [0, 0.05) is 29.7 Å². The van der Waals surface area contributed by atoms with Crippen LogP contribution >= 0.6 is 11.6 Å². The molecule has 8 heteroatoms. The molecule has 1 aliphatic heterocycles. The molecule has 2 amide bonds. The number of anilines is 1. The molecular weight excluding hydrogens is 418 g/mol. The highest BCUT2D eigenvalue weighted by Gasteiger charge is 2.31. The third-order valence-electron chi connectivity index (χ3n) is 5.22. The van der Waals surface area contributed by atoms with E-state index in [4.69, 9.17) is 16.0 Å². The molecule has 2 aromatic rings. The predicted molar refractivity (Wildman–Crippen MR) is 121 cm³/mol. The van der Waals surface area contributed by atoms with Crippen molar-refractivity contribution in [2.45, 2.75) is 45.7 Å². The number of halogens is 1. The lowest BCUT2D eigenvalue weighted by Crippen LogP contribution is -2.60. The topological polar surface area (TPSA) is 94.8 Å². The minimum absolute atomic E-state index is 0.0443. The molecule has 166 valence electrons. The van der Waals surface area contributed by atoms with E-state index in [1.54, 1.807) is 17.9 Å². The molecule has 2 heterocycles. The number of benzene rings is 1. The van der Waals surface area contributed by atoms with Gasteiger partial charge in [-0.05, 0) is 36.1 Å². The first kappa shape index (κ1) is 22.7. The zero-order valence-corrected chi connectivity index (χ0v) is 19.0. The lowest BCUT2D eigenvalue weighted by molar-refractivity contribution is -0.130. The zero-order chi connectivity index (χ0) is 22.9. The van der Waals surface area contributed by atoms with Gasteiger partial charge in [0.05, 0.1) is 18.3 Å². The molecule has 7 nitrogen and oxygen atoms in total. The lowest BCUT2D eigenvalue weighted by atomic mass is 9.86. The molecule has 1 aromatic carbocycles. The van der Waals surface area contributed by atoms with Crippen LogP contribution in [0.15, 0.2) is 35.3 Å². The number of carbonyl (C=O) groups excluding carboxylic acids is 2. The smallest absolute Gasteiger partial charge is 0.287 e. The number of aromatic hydroxyl groups is 1. The van der Waals surface area contributed by atoms with Gasteiger partial charge in [0.15, 0.2) is 5.76 Å². The van der Waals surface area contributed by atoms with Gasteiger partial charge in [0.25, 0.3) is 5.91 Å². The van der Waals surface area contributed by atoms with Crippen molar-refractivity contribution in [3.8, 4) is 5.75 Å². The van der Waals surface area contributed by atoms with E-state index in [9.17, 15) is 14.7 Å². The molecule has 0 aliphatic carbocycles. The quantitative estimate of drug-likeness (QED) is 0.461. The van der Waals surface area contributed by atoms with E-state index in [2.05, 4.69) is 17.2 Å². The van der Waals surface area contributed by atoms with E-state index >= 15 is 0 Å². The van der Waals surface area contributed by atoms with E-state index in [-0.39, 0.29) is 41.3 Å². The van der Waals surface area contributed by atoms with Gasteiger partial charge in [-0.25, -0.2) is 0 Å². The molecule has 0 spiro atoms. The van der Waals surface area contributed by atoms with Gasteiger partial charge in [-0.2, -0.15) is 0 Å². The predicted octanol–water partition coefficient (Wildman–Crippen LogP) is 3.98. The maximum Gasteiger partial charge on any atom is 0.287 e. The van der Waals surface area contributed by atoms with E-state index in [0.717, 1.165) is 5.56 Å². The second-order valence-corrected chi connectivity index (χ2v) is 9.20. The number of nitrogens with one attached hydrogen (secondary N) is 2. The van der Waals surface area contributed by atoms with Crippen molar-refractivity contribution in [3.05, 3.63) is 58.5 Å². The number of furan rings is 1. The van der Waals surface area contributed by atoms with Crippen molar-refractivity contribution < 1.29 is 19.1 Å². The van der Waals surface area contributed by atoms with Crippen LogP contribution in [0.2, 0.25) is 5.02 Å². The molecule has 0 unspecified atom stereocenters. The number of likely N-dealkylation sites (tertiary alicyclic amines) is 1. The number of carbonyl (C=O) groups is 2. The van der Waals surface area contributed by atoms with E-state index < -0.39 is 0 Å². The summed E-state index contributed by atoms with van der Waals surface area (Å²) in [4.78, 5) is 25.7. The van der Waals surface area contributed by atoms with Crippen molar-refractivity contribution in [2.24, 2.45) is 0 Å². The Labute approximate surface area is 187 Å². The number of nitrogens with zero attached hydrogens (tertiary/aromatic N) is 1. The fourth-order valence-electron chi connectivity index (χ4n) is 3.45. The van der Waals surface area contributed by atoms with Gasteiger partial charge in [0.1, 0.15) is 11.5 Å². The Balaban J connectivity index is 1.64. The highest BCUT2D eigenvalue weighted by Crippen LogP contribution is 2.37. The fourth-order valence-corrected chi connectivity index (χ4v) is 3.89. The largest absolute Gasteiger partial charge is 0.506 e. The second-order valence-electron chi connectivity index (χ2n) is 8.80. The first-order valence-corrected chi connectivity index (χ1v) is 10.5. The van der Waals surface area contributed by atoms with Crippen LogP contribution in [0.1, 0.15) is 48.2 Å². The number of hydrogen-bond acceptors (Lipinski definition) is 5. The van der Waals surface area contributed by atoms with Crippen molar-refractivity contribution in [3.63, 3.8) is 0 Å². The number of hydrogen-bond donors (Lipinski definition) is 3. The van der Waals surface area contributed by atoms with E-state index in [1.165, 1.54) is 12.1 Å². The third kappa shape index (κ3) is 5.05. The van der Waals surface area contributed by atoms with Crippen LogP contribution in [-0.4, -0.2) is 41.0 Å². The van der Waals surface area contributed by atoms with Crippen LogP contribution in [-0.2, 0) is 16.8 Å². The van der Waals surface area contributed by atoms with Gasteiger partial charge < -0.3 is 25.1 Å². The normalized spacial score (nSPS) is 14.2. The fraction of sp³-hybridized carbons (Fsp3) is 0.391. The summed E-state index contributed by atoms with van der Waals surface area (Å²) in [5, 5.41) is 16.8. The van der Waals surface area contributed by atoms with Crippen LogP contribution < -0.4 is 10.6 Å². The van der Waals surface area contributed by atoms with E-state index in [1.807, 2.05) is 26.8 Å². The summed E-state index contributed by atoms with van der Waals surface area (Å²) in [6.45, 7) is 12.6. The molecular formula is C23H28ClN3O4. The second kappa shape index (κ2) is 8.67. The Morgan fingerprint density at radius 3 is 2.61 bits per heavy atom. The standard InChI is InChI=1S/C23H28ClN3O4/c1-6-20(29)27-11-14(12-27)26-22(30)21-13(2)7-15(31-21)10-25-18-8-16(23(3,4)5)17(24)9-19(18)28/h6-9,14,25,28H,1,10-12H2,2-5H3,(H,26,30). The van der Waals surface area contributed by atoms with Crippen LogP contribution in [0.5, 0.6) is 5.75 Å². The first-order chi connectivity index (χ1) is 14.5. The number of rotatable bonds is 6. The lowest BCUT2D eigenvalue weighted by Gasteiger charge is -2.38. The van der Waals surface area contributed by atoms with Gasteiger partial charge >= 0.3 is 0 Å². The molecule has 1 aliphatic rings. The average molecular weight is 446 g/mol. The highest BCUT2D eigenvalue weighted by atomic mass is 35.5. The van der Waals surface area contributed by atoms with Crippen LogP contribution in [0, 0.1) is 6.92 Å². The monoisotopic (exact) mass is 445 g/mol. The molecule has 1 fully saturated rings. The SMILES string of the molecule is C=CC(=O)N1CC(NC(=O)c2oc(CNc3cc(C(C)(C)C)c(Cl)cc3O)cc2C)C1. The Morgan fingerprint density at radius 1 is 1.32 bits per heavy atom. The van der Waals surface area contributed by atoms with Gasteiger partial charge in [-0.15, -0.1) is 0 Å². The number of phenols is 1. The number of aryl methyl sites for hydroxylation is 1. The van der Waals surface area contributed by atoms with Crippen molar-refractivity contribution in [1.82, 2.24) is 10.2 Å². The summed E-state index contributed by atoms with van der Waals surface area (Å²) >= 11 is 6.28. The summed E-state index contributed by atoms with van der Waals surface area (Å²) in [5.41, 5.74) is 1.98. The number of phenolic OH excluding ortho intramolecular Hbond substituents is 1. The molecule has 1 saturated heterocycles. The molecule has 0 bridgehead atoms. The third-order valence-corrected chi connectivity index (χ3v) is 5.54. The van der Waals surface area contributed by atoms with E-state index in [0.29, 0.717) is 35.1 Å². The van der Waals surface area contributed by atoms with Gasteiger partial charge in [-0.3, -0.25) is 9.59 Å². The Bertz CT molecular complexity index is 1020. The maximum absolute atomic E-state index is 12.5. The summed E-state index contributed by atoms with van der Waals surface area (Å²) in [6, 6.07) is 5.03. The zero-order valence-electron chi connectivity index (χ0n) is 18.2. The summed E-state index contributed by atoms with van der Waals surface area (Å²) in [5.74, 6) is 0.382. The first-order valence-electron chi connectivity index (χ1n) is 10.1. The van der Waals surface area contributed by atoms with Crippen molar-refractivity contribution in [2.75, 3.05) is 18.4 Å². The Kier molecular flexibility index (Phi) is 6.36. The Morgan fingerprint density at radius 2 is 2.00 bits per heavy atom. The van der Waals surface area contributed by atoms with Crippen molar-refractivity contribution in [1.29, 1.82) is 0 Å².